The second kappa shape index (κ2) is 3.73. The number of aldehydes is 1. The third kappa shape index (κ3) is 1.82. The predicted molar refractivity (Wildman–Crippen MR) is 39.9 cm³/mol. The maximum atomic E-state index is 10.3. The smallest absolute Gasteiger partial charge is 0.363 e. The van der Waals surface area contributed by atoms with Crippen LogP contribution < -0.4 is 0 Å². The lowest BCUT2D eigenvalue weighted by atomic mass is 10.1. The molecular weight excluding hydrogens is 129 g/mol. The molecule has 0 bridgehead atoms. The minimum absolute atomic E-state index is 0.246. The molecule has 0 aromatic heterocycles. The van der Waals surface area contributed by atoms with E-state index in [1.165, 1.54) is 0 Å². The minimum atomic E-state index is 0.246. The fraction of sp³-hybridized carbons (Fsp3) is 0.833. The van der Waals surface area contributed by atoms with Crippen molar-refractivity contribution in [2.75, 3.05) is 20.2 Å². The summed E-state index contributed by atoms with van der Waals surface area (Å²) in [7, 11) is 2.33. The summed E-state index contributed by atoms with van der Waals surface area (Å²) >= 11 is 0. The van der Waals surface area contributed by atoms with Gasteiger partial charge in [0.25, 0.3) is 0 Å². The highest BCUT2D eigenvalue weighted by Crippen LogP contribution is 2.11. The monoisotopic (exact) mass is 141 g/mol. The first kappa shape index (κ1) is 7.76. The molecule has 4 heteroatoms. The quantitative estimate of drug-likeness (QED) is 0.389. The molecule has 0 aromatic rings. The summed E-state index contributed by atoms with van der Waals surface area (Å²) in [6, 6.07) is 0. The minimum Gasteiger partial charge on any atom is -0.427 e. The second-order valence-electron chi connectivity index (χ2n) is 2.68. The summed E-state index contributed by atoms with van der Waals surface area (Å²) in [5, 5.41) is 0. The Labute approximate surface area is 61.6 Å². The lowest BCUT2D eigenvalue weighted by molar-refractivity contribution is -0.110. The third-order valence-electron chi connectivity index (χ3n) is 1.81. The maximum absolute atomic E-state index is 10.3. The van der Waals surface area contributed by atoms with Gasteiger partial charge in [0.15, 0.2) is 0 Å². The van der Waals surface area contributed by atoms with Crippen molar-refractivity contribution in [1.82, 2.24) is 4.81 Å². The molecular formula is C6H12BNO2. The highest BCUT2D eigenvalue weighted by atomic mass is 16.4. The number of hydrogen-bond acceptors (Lipinski definition) is 3. The van der Waals surface area contributed by atoms with E-state index in [0.717, 1.165) is 25.8 Å². The fourth-order valence-corrected chi connectivity index (χ4v) is 1.27. The van der Waals surface area contributed by atoms with Gasteiger partial charge in [-0.2, -0.15) is 0 Å². The number of carbonyl (C=O) groups is 1. The largest absolute Gasteiger partial charge is 0.427 e. The van der Waals surface area contributed by atoms with E-state index < -0.39 is 0 Å². The van der Waals surface area contributed by atoms with Crippen LogP contribution in [0.3, 0.4) is 0 Å². The van der Waals surface area contributed by atoms with Crippen LogP contribution in [0.4, 0.5) is 0 Å². The molecule has 0 amide bonds. The van der Waals surface area contributed by atoms with Crippen LogP contribution in [0.2, 0.25) is 0 Å². The average Bonchev–Trinajstić information content (AvgIpc) is 2.37. The molecule has 3 nitrogen and oxygen atoms in total. The van der Waals surface area contributed by atoms with Crippen LogP contribution in [0, 0.1) is 5.92 Å². The molecule has 0 N–H and O–H groups in total. The Bertz CT molecular complexity index is 120. The molecule has 1 unspecified atom stereocenters. The second-order valence-corrected chi connectivity index (χ2v) is 2.68. The van der Waals surface area contributed by atoms with Crippen LogP contribution >= 0.6 is 0 Å². The van der Waals surface area contributed by atoms with Gasteiger partial charge in [0.05, 0.1) is 0 Å². The normalized spacial score (nSPS) is 26.7. The van der Waals surface area contributed by atoms with E-state index in [-0.39, 0.29) is 5.92 Å². The van der Waals surface area contributed by atoms with E-state index in [4.69, 9.17) is 4.65 Å². The molecule has 0 radical (unpaired) electrons. The molecule has 0 saturated carbocycles. The van der Waals surface area contributed by atoms with Gasteiger partial charge in [-0.15, -0.1) is 0 Å². The van der Waals surface area contributed by atoms with Gasteiger partial charge < -0.3 is 14.3 Å². The van der Waals surface area contributed by atoms with Gasteiger partial charge in [-0.3, -0.25) is 0 Å². The van der Waals surface area contributed by atoms with E-state index in [9.17, 15) is 4.79 Å². The van der Waals surface area contributed by atoms with Crippen molar-refractivity contribution in [2.45, 2.75) is 6.42 Å². The Hall–Kier alpha value is -0.345. The lowest BCUT2D eigenvalue weighted by Gasteiger charge is -2.10. The van der Waals surface area contributed by atoms with Crippen LogP contribution in [-0.2, 0) is 9.45 Å². The van der Waals surface area contributed by atoms with Gasteiger partial charge in [0, 0.05) is 13.0 Å². The molecule has 10 heavy (non-hydrogen) atoms. The van der Waals surface area contributed by atoms with Crippen LogP contribution in [0.25, 0.3) is 0 Å². The van der Waals surface area contributed by atoms with Crippen LogP contribution in [0.1, 0.15) is 6.42 Å². The van der Waals surface area contributed by atoms with Crippen molar-refractivity contribution in [3.63, 3.8) is 0 Å². The van der Waals surface area contributed by atoms with Crippen molar-refractivity contribution in [3.05, 3.63) is 0 Å². The predicted octanol–water partition coefficient (Wildman–Crippen LogP) is -0.580. The zero-order valence-corrected chi connectivity index (χ0v) is 6.25. The Morgan fingerprint density at radius 1 is 1.80 bits per heavy atom. The number of hydrogen-bond donors (Lipinski definition) is 0. The van der Waals surface area contributed by atoms with E-state index in [2.05, 4.69) is 4.81 Å². The van der Waals surface area contributed by atoms with E-state index in [0.29, 0.717) is 7.62 Å². The highest BCUT2D eigenvalue weighted by molar-refractivity contribution is 6.23. The molecule has 0 spiro atoms. The maximum Gasteiger partial charge on any atom is 0.363 e. The highest BCUT2D eigenvalue weighted by Gasteiger charge is 2.21. The molecule has 1 aliphatic heterocycles. The molecule has 1 rings (SSSR count). The van der Waals surface area contributed by atoms with Gasteiger partial charge in [-0.05, 0) is 19.5 Å². The topological polar surface area (TPSA) is 29.5 Å². The van der Waals surface area contributed by atoms with Crippen LogP contribution in [0.15, 0.2) is 0 Å². The molecule has 1 aliphatic rings. The standard InChI is InChI=1S/C6H12BNO2/c1-10-7-8-3-2-6(4-8)5-9/h5-7H,2-4H2,1H3. The molecule has 1 saturated heterocycles. The first-order valence-electron chi connectivity index (χ1n) is 3.53. The Morgan fingerprint density at radius 3 is 3.10 bits per heavy atom. The molecule has 1 atom stereocenters. The number of carbonyl (C=O) groups excluding carboxylic acids is 1. The zero-order valence-electron chi connectivity index (χ0n) is 6.25. The summed E-state index contributed by atoms with van der Waals surface area (Å²) in [6.45, 7) is 1.87. The van der Waals surface area contributed by atoms with Crippen molar-refractivity contribution in [2.24, 2.45) is 5.92 Å². The van der Waals surface area contributed by atoms with Crippen LogP contribution in [-0.4, -0.2) is 38.9 Å². The summed E-state index contributed by atoms with van der Waals surface area (Å²) in [5.41, 5.74) is 0. The Balaban J connectivity index is 2.21. The first-order chi connectivity index (χ1) is 4.86. The van der Waals surface area contributed by atoms with E-state index in [1.54, 1.807) is 7.11 Å². The Kier molecular flexibility index (Phi) is 2.90. The third-order valence-corrected chi connectivity index (χ3v) is 1.81. The van der Waals surface area contributed by atoms with Crippen molar-refractivity contribution in [3.8, 4) is 0 Å². The average molecular weight is 141 g/mol. The summed E-state index contributed by atoms with van der Waals surface area (Å²) < 4.78 is 4.93. The SMILES string of the molecule is COBN1CCC(C=O)C1. The molecule has 1 fully saturated rings. The number of nitrogens with zero attached hydrogens (tertiary/aromatic N) is 1. The van der Waals surface area contributed by atoms with E-state index >= 15 is 0 Å². The van der Waals surface area contributed by atoms with Gasteiger partial charge >= 0.3 is 7.62 Å². The van der Waals surface area contributed by atoms with Crippen molar-refractivity contribution in [1.29, 1.82) is 0 Å². The summed E-state index contributed by atoms with van der Waals surface area (Å²) in [6.07, 6.45) is 2.03. The van der Waals surface area contributed by atoms with Gasteiger partial charge in [-0.1, -0.05) is 0 Å². The van der Waals surface area contributed by atoms with Gasteiger partial charge in [0.2, 0.25) is 0 Å². The lowest BCUT2D eigenvalue weighted by Crippen LogP contribution is -2.26. The molecule has 0 aromatic carbocycles. The Morgan fingerprint density at radius 2 is 2.60 bits per heavy atom. The van der Waals surface area contributed by atoms with Gasteiger partial charge in [-0.25, -0.2) is 0 Å². The van der Waals surface area contributed by atoms with Crippen molar-refractivity contribution < 1.29 is 9.45 Å². The summed E-state index contributed by atoms with van der Waals surface area (Å²) in [4.78, 5) is 12.4. The fourth-order valence-electron chi connectivity index (χ4n) is 1.27. The first-order valence-corrected chi connectivity index (χ1v) is 3.53. The van der Waals surface area contributed by atoms with E-state index in [1.807, 2.05) is 0 Å². The molecule has 0 aliphatic carbocycles. The van der Waals surface area contributed by atoms with Crippen LogP contribution in [0.5, 0.6) is 0 Å². The zero-order chi connectivity index (χ0) is 7.40. The summed E-state index contributed by atoms with van der Waals surface area (Å²) in [5.74, 6) is 0.246. The van der Waals surface area contributed by atoms with Crippen molar-refractivity contribution >= 4 is 13.9 Å². The van der Waals surface area contributed by atoms with Gasteiger partial charge in [0.1, 0.15) is 6.29 Å². The number of rotatable bonds is 3. The molecule has 1 heterocycles. The molecule has 56 valence electrons.